The molecular weight excluding hydrogens is 252 g/mol. The van der Waals surface area contributed by atoms with Gasteiger partial charge in [-0.1, -0.05) is 12.1 Å². The molecule has 0 bridgehead atoms. The summed E-state index contributed by atoms with van der Waals surface area (Å²) in [5.41, 5.74) is 1.88. The summed E-state index contributed by atoms with van der Waals surface area (Å²) >= 11 is 0. The largest absolute Gasteiger partial charge is 0.373 e. The Labute approximate surface area is 119 Å². The number of anilines is 1. The van der Waals surface area contributed by atoms with E-state index >= 15 is 0 Å². The standard InChI is InChI=1S/C16H22N2O2/c1-17-15(20)5-2-4-13-6-8-14(9-7-13)18-16(12-19)10-3-11-16/h6-9,12,18H,2-5,10-11H2,1H3,(H,17,20). The molecule has 20 heavy (non-hydrogen) atoms. The number of aldehydes is 1. The van der Waals surface area contributed by atoms with Gasteiger partial charge in [0.15, 0.2) is 0 Å². The van der Waals surface area contributed by atoms with Crippen LogP contribution >= 0.6 is 0 Å². The molecule has 0 unspecified atom stereocenters. The average Bonchev–Trinajstić information content (AvgIpc) is 2.44. The second-order valence-electron chi connectivity index (χ2n) is 5.48. The summed E-state index contributed by atoms with van der Waals surface area (Å²) in [7, 11) is 1.66. The lowest BCUT2D eigenvalue weighted by Gasteiger charge is -2.38. The molecule has 1 aromatic rings. The molecule has 1 aliphatic rings. The van der Waals surface area contributed by atoms with Crippen molar-refractivity contribution in [1.82, 2.24) is 5.32 Å². The molecular formula is C16H22N2O2. The molecule has 1 fully saturated rings. The molecule has 1 aromatic carbocycles. The van der Waals surface area contributed by atoms with Gasteiger partial charge < -0.3 is 15.4 Å². The minimum Gasteiger partial charge on any atom is -0.373 e. The molecule has 4 nitrogen and oxygen atoms in total. The van der Waals surface area contributed by atoms with E-state index in [-0.39, 0.29) is 11.4 Å². The third-order valence-corrected chi connectivity index (χ3v) is 3.97. The highest BCUT2D eigenvalue weighted by atomic mass is 16.1. The third-order valence-electron chi connectivity index (χ3n) is 3.97. The molecule has 108 valence electrons. The molecule has 1 saturated carbocycles. The van der Waals surface area contributed by atoms with E-state index in [2.05, 4.69) is 22.8 Å². The molecule has 4 heteroatoms. The SMILES string of the molecule is CNC(=O)CCCc1ccc(NC2(C=O)CCC2)cc1. The lowest BCUT2D eigenvalue weighted by molar-refractivity contribution is -0.120. The van der Waals surface area contributed by atoms with E-state index in [4.69, 9.17) is 0 Å². The van der Waals surface area contributed by atoms with E-state index in [1.54, 1.807) is 7.05 Å². The second-order valence-corrected chi connectivity index (χ2v) is 5.48. The number of hydrogen-bond acceptors (Lipinski definition) is 3. The lowest BCUT2D eigenvalue weighted by Crippen LogP contribution is -2.46. The predicted molar refractivity (Wildman–Crippen MR) is 79.7 cm³/mol. The monoisotopic (exact) mass is 274 g/mol. The van der Waals surface area contributed by atoms with Gasteiger partial charge in [0.05, 0.1) is 5.54 Å². The number of aryl methyl sites for hydroxylation is 1. The summed E-state index contributed by atoms with van der Waals surface area (Å²) in [6.07, 6.45) is 6.30. The van der Waals surface area contributed by atoms with Gasteiger partial charge in [-0.2, -0.15) is 0 Å². The molecule has 0 spiro atoms. The highest BCUT2D eigenvalue weighted by Crippen LogP contribution is 2.33. The van der Waals surface area contributed by atoms with Gasteiger partial charge in [-0.15, -0.1) is 0 Å². The zero-order chi connectivity index (χ0) is 14.4. The molecule has 0 aliphatic heterocycles. The van der Waals surface area contributed by atoms with E-state index in [1.165, 1.54) is 5.56 Å². The fourth-order valence-corrected chi connectivity index (χ4v) is 2.45. The maximum atomic E-state index is 11.1. The molecule has 2 N–H and O–H groups in total. The number of nitrogens with one attached hydrogen (secondary N) is 2. The van der Waals surface area contributed by atoms with Gasteiger partial charge in [0.2, 0.25) is 5.91 Å². The van der Waals surface area contributed by atoms with E-state index in [0.717, 1.165) is 44.1 Å². The Bertz CT molecular complexity index is 464. The molecule has 1 aliphatic carbocycles. The molecule has 0 heterocycles. The van der Waals surface area contributed by atoms with Gasteiger partial charge in [0, 0.05) is 19.2 Å². The molecule has 0 atom stereocenters. The number of carbonyl (C=O) groups excluding carboxylic acids is 2. The number of amides is 1. The van der Waals surface area contributed by atoms with E-state index in [0.29, 0.717) is 6.42 Å². The summed E-state index contributed by atoms with van der Waals surface area (Å²) in [5, 5.41) is 5.94. The molecule has 2 rings (SSSR count). The highest BCUT2D eigenvalue weighted by Gasteiger charge is 2.36. The first-order valence-electron chi connectivity index (χ1n) is 7.21. The Kier molecular flexibility index (Phi) is 4.77. The fraction of sp³-hybridized carbons (Fsp3) is 0.500. The van der Waals surface area contributed by atoms with Gasteiger partial charge in [-0.05, 0) is 49.8 Å². The molecule has 0 aromatic heterocycles. The highest BCUT2D eigenvalue weighted by molar-refractivity contribution is 5.75. The Hall–Kier alpha value is -1.84. The van der Waals surface area contributed by atoms with Crippen molar-refractivity contribution in [2.45, 2.75) is 44.1 Å². The maximum absolute atomic E-state index is 11.1. The van der Waals surface area contributed by atoms with Gasteiger partial charge >= 0.3 is 0 Å². The summed E-state index contributed by atoms with van der Waals surface area (Å²) in [5.74, 6) is 0.0844. The first-order valence-corrected chi connectivity index (χ1v) is 7.21. The van der Waals surface area contributed by atoms with E-state index in [1.807, 2.05) is 12.1 Å². The van der Waals surface area contributed by atoms with Gasteiger partial charge in [0.25, 0.3) is 0 Å². The van der Waals surface area contributed by atoms with Crippen molar-refractivity contribution in [2.75, 3.05) is 12.4 Å². The normalized spacial score (nSPS) is 16.1. The first-order chi connectivity index (χ1) is 9.67. The van der Waals surface area contributed by atoms with Gasteiger partial charge in [0.1, 0.15) is 6.29 Å². The molecule has 0 radical (unpaired) electrons. The minimum atomic E-state index is -0.333. The van der Waals surface area contributed by atoms with Crippen LogP contribution < -0.4 is 10.6 Å². The quantitative estimate of drug-likeness (QED) is 0.750. The van der Waals surface area contributed by atoms with Crippen LogP contribution in [-0.2, 0) is 16.0 Å². The molecule has 1 amide bonds. The summed E-state index contributed by atoms with van der Waals surface area (Å²) < 4.78 is 0. The van der Waals surface area contributed by atoms with Crippen molar-refractivity contribution < 1.29 is 9.59 Å². The zero-order valence-electron chi connectivity index (χ0n) is 11.9. The second kappa shape index (κ2) is 6.55. The van der Waals surface area contributed by atoms with Crippen LogP contribution in [-0.4, -0.2) is 24.8 Å². The van der Waals surface area contributed by atoms with Crippen LogP contribution in [0.4, 0.5) is 5.69 Å². The third kappa shape index (κ3) is 3.59. The van der Waals surface area contributed by atoms with Crippen LogP contribution in [0.1, 0.15) is 37.7 Å². The van der Waals surface area contributed by atoms with E-state index in [9.17, 15) is 9.59 Å². The van der Waals surface area contributed by atoms with Crippen LogP contribution in [0.5, 0.6) is 0 Å². The van der Waals surface area contributed by atoms with Crippen LogP contribution in [0.3, 0.4) is 0 Å². The average molecular weight is 274 g/mol. The Balaban J connectivity index is 1.83. The zero-order valence-corrected chi connectivity index (χ0v) is 11.9. The number of carbonyl (C=O) groups is 2. The van der Waals surface area contributed by atoms with Gasteiger partial charge in [-0.3, -0.25) is 4.79 Å². The lowest BCUT2D eigenvalue weighted by atomic mass is 9.78. The van der Waals surface area contributed by atoms with Crippen molar-refractivity contribution in [3.8, 4) is 0 Å². The Morgan fingerprint density at radius 3 is 2.50 bits per heavy atom. The Morgan fingerprint density at radius 2 is 2.00 bits per heavy atom. The first kappa shape index (κ1) is 14.6. The minimum absolute atomic E-state index is 0.0844. The van der Waals surface area contributed by atoms with Crippen molar-refractivity contribution in [2.24, 2.45) is 0 Å². The topological polar surface area (TPSA) is 58.2 Å². The Morgan fingerprint density at radius 1 is 1.30 bits per heavy atom. The van der Waals surface area contributed by atoms with Crippen LogP contribution in [0.2, 0.25) is 0 Å². The smallest absolute Gasteiger partial charge is 0.219 e. The number of benzene rings is 1. The van der Waals surface area contributed by atoms with Crippen molar-refractivity contribution in [1.29, 1.82) is 0 Å². The van der Waals surface area contributed by atoms with Gasteiger partial charge in [-0.25, -0.2) is 0 Å². The predicted octanol–water partition coefficient (Wildman–Crippen LogP) is 2.29. The van der Waals surface area contributed by atoms with Crippen LogP contribution in [0.15, 0.2) is 24.3 Å². The van der Waals surface area contributed by atoms with Crippen molar-refractivity contribution in [3.63, 3.8) is 0 Å². The summed E-state index contributed by atoms with van der Waals surface area (Å²) in [6, 6.07) is 8.14. The number of rotatable bonds is 7. The summed E-state index contributed by atoms with van der Waals surface area (Å²) in [6.45, 7) is 0. The van der Waals surface area contributed by atoms with Crippen LogP contribution in [0.25, 0.3) is 0 Å². The van der Waals surface area contributed by atoms with Crippen LogP contribution in [0, 0.1) is 0 Å². The number of hydrogen-bond donors (Lipinski definition) is 2. The van der Waals surface area contributed by atoms with Crippen molar-refractivity contribution in [3.05, 3.63) is 29.8 Å². The summed E-state index contributed by atoms with van der Waals surface area (Å²) in [4.78, 5) is 22.2. The maximum Gasteiger partial charge on any atom is 0.219 e. The van der Waals surface area contributed by atoms with Crippen molar-refractivity contribution >= 4 is 17.9 Å². The fourth-order valence-electron chi connectivity index (χ4n) is 2.45. The van der Waals surface area contributed by atoms with E-state index < -0.39 is 0 Å². The molecule has 0 saturated heterocycles.